The number of hydrogen-bond acceptors (Lipinski definition) is 4. The molecule has 18 heavy (non-hydrogen) atoms. The van der Waals surface area contributed by atoms with Crippen molar-refractivity contribution in [1.82, 2.24) is 0 Å². The lowest BCUT2D eigenvalue weighted by Crippen LogP contribution is -2.06. The van der Waals surface area contributed by atoms with Crippen molar-refractivity contribution in [2.24, 2.45) is 0 Å². The number of ether oxygens (including phenoxy) is 1. The molecule has 1 rings (SSSR count). The van der Waals surface area contributed by atoms with Crippen LogP contribution in [0.1, 0.15) is 37.5 Å². The van der Waals surface area contributed by atoms with Crippen LogP contribution < -0.4 is 0 Å². The fourth-order valence-electron chi connectivity index (χ4n) is 1.60. The van der Waals surface area contributed by atoms with Gasteiger partial charge in [0, 0.05) is 24.5 Å². The smallest absolute Gasteiger partial charge is 0.169 e. The topological polar surface area (TPSA) is 80.7 Å². The second-order valence-electron chi connectivity index (χ2n) is 4.02. The van der Waals surface area contributed by atoms with Gasteiger partial charge in [-0.05, 0) is 25.0 Å². The van der Waals surface area contributed by atoms with E-state index in [4.69, 9.17) is 20.8 Å². The molecule has 0 fully saturated rings. The van der Waals surface area contributed by atoms with Crippen LogP contribution in [0.25, 0.3) is 0 Å². The van der Waals surface area contributed by atoms with E-state index in [9.17, 15) is 0 Å². The molecule has 0 spiro atoms. The van der Waals surface area contributed by atoms with Gasteiger partial charge in [-0.3, -0.25) is 0 Å². The first-order valence-corrected chi connectivity index (χ1v) is 5.81. The van der Waals surface area contributed by atoms with E-state index < -0.39 is 6.10 Å². The number of hydrogen-bond donors (Lipinski definition) is 2. The normalized spacial score (nSPS) is 11.6. The number of nitriles is 1. The monoisotopic (exact) mass is 243 g/mol. The molecule has 1 aromatic rings. The summed E-state index contributed by atoms with van der Waals surface area (Å²) in [7, 11) is 0. The number of benzene rings is 1. The van der Waals surface area contributed by atoms with Crippen molar-refractivity contribution in [3.63, 3.8) is 0 Å². The molecule has 1 aromatic carbocycles. The van der Waals surface area contributed by atoms with Crippen LogP contribution in [0.5, 0.6) is 0 Å². The molecule has 1 atom stereocenters. The summed E-state index contributed by atoms with van der Waals surface area (Å²) in [6.07, 6.45) is -0.199. The predicted octanol–water partition coefficient (Wildman–Crippen LogP) is 3.09. The number of nitrogens with zero attached hydrogens (tertiary/aromatic N) is 1. The third-order valence-corrected chi connectivity index (χ3v) is 2.45. The van der Waals surface area contributed by atoms with Gasteiger partial charge in [0.25, 0.3) is 0 Å². The lowest BCUT2D eigenvalue weighted by molar-refractivity contribution is 0.102. The van der Waals surface area contributed by atoms with Crippen molar-refractivity contribution < 1.29 is 4.74 Å². The van der Waals surface area contributed by atoms with E-state index in [-0.39, 0.29) is 0 Å². The summed E-state index contributed by atoms with van der Waals surface area (Å²) in [5, 5.41) is 24.2. The van der Waals surface area contributed by atoms with Crippen molar-refractivity contribution >= 4 is 11.4 Å². The van der Waals surface area contributed by atoms with Crippen molar-refractivity contribution in [2.45, 2.75) is 26.4 Å². The quantitative estimate of drug-likeness (QED) is 0.753. The molecule has 0 saturated carbocycles. The maximum Gasteiger partial charge on any atom is 0.169 e. The van der Waals surface area contributed by atoms with E-state index in [2.05, 4.69) is 6.07 Å². The summed E-state index contributed by atoms with van der Waals surface area (Å²) < 4.78 is 5.29. The SMILES string of the molecule is CCOC(C#N)c1ccc(C(=N)CC(C)=N)cc1. The Balaban J connectivity index is 2.82. The lowest BCUT2D eigenvalue weighted by atomic mass is 10.0. The Morgan fingerprint density at radius 3 is 2.39 bits per heavy atom. The molecule has 1 unspecified atom stereocenters. The molecule has 4 nitrogen and oxygen atoms in total. The predicted molar refractivity (Wildman–Crippen MR) is 71.3 cm³/mol. The summed E-state index contributed by atoms with van der Waals surface area (Å²) in [4.78, 5) is 0. The minimum Gasteiger partial charge on any atom is -0.359 e. The largest absolute Gasteiger partial charge is 0.359 e. The first-order chi connectivity index (χ1) is 8.58. The highest BCUT2D eigenvalue weighted by Gasteiger charge is 2.10. The highest BCUT2D eigenvalue weighted by atomic mass is 16.5. The van der Waals surface area contributed by atoms with Crippen LogP contribution >= 0.6 is 0 Å². The maximum absolute atomic E-state index is 8.96. The zero-order chi connectivity index (χ0) is 13.5. The second kappa shape index (κ2) is 6.67. The third-order valence-electron chi connectivity index (χ3n) is 2.45. The zero-order valence-electron chi connectivity index (χ0n) is 10.7. The van der Waals surface area contributed by atoms with Crippen LogP contribution in [0, 0.1) is 22.1 Å². The highest BCUT2D eigenvalue weighted by molar-refractivity contribution is 6.09. The fraction of sp³-hybridized carbons (Fsp3) is 0.357. The van der Waals surface area contributed by atoms with Gasteiger partial charge in [-0.2, -0.15) is 5.26 Å². The van der Waals surface area contributed by atoms with Gasteiger partial charge in [-0.25, -0.2) is 0 Å². The molecule has 0 amide bonds. The van der Waals surface area contributed by atoms with Crippen LogP contribution in [0.4, 0.5) is 0 Å². The molecule has 0 saturated heterocycles. The van der Waals surface area contributed by atoms with Crippen LogP contribution in [0.3, 0.4) is 0 Å². The molecule has 0 aliphatic heterocycles. The van der Waals surface area contributed by atoms with E-state index in [1.54, 1.807) is 31.2 Å². The lowest BCUT2D eigenvalue weighted by Gasteiger charge is -2.10. The van der Waals surface area contributed by atoms with Crippen LogP contribution in [0.15, 0.2) is 24.3 Å². The maximum atomic E-state index is 8.96. The molecule has 4 heteroatoms. The first-order valence-electron chi connectivity index (χ1n) is 5.81. The van der Waals surface area contributed by atoms with Gasteiger partial charge >= 0.3 is 0 Å². The van der Waals surface area contributed by atoms with Gasteiger partial charge in [0.1, 0.15) is 0 Å². The Bertz CT molecular complexity index is 471. The van der Waals surface area contributed by atoms with Gasteiger partial charge in [-0.15, -0.1) is 0 Å². The summed E-state index contributed by atoms with van der Waals surface area (Å²) in [6, 6.07) is 9.28. The van der Waals surface area contributed by atoms with E-state index in [1.165, 1.54) is 0 Å². The molecular weight excluding hydrogens is 226 g/mol. The zero-order valence-corrected chi connectivity index (χ0v) is 10.7. The minimum absolute atomic E-state index is 0.354. The summed E-state index contributed by atoms with van der Waals surface area (Å²) >= 11 is 0. The molecule has 0 aromatic heterocycles. The van der Waals surface area contributed by atoms with Crippen molar-refractivity contribution in [3.05, 3.63) is 35.4 Å². The Kier molecular flexibility index (Phi) is 5.22. The molecule has 94 valence electrons. The van der Waals surface area contributed by atoms with Gasteiger partial charge in [-0.1, -0.05) is 24.3 Å². The van der Waals surface area contributed by atoms with Gasteiger partial charge in [0.05, 0.1) is 6.07 Å². The average Bonchev–Trinajstić information content (AvgIpc) is 2.35. The molecule has 0 heterocycles. The van der Waals surface area contributed by atoms with Crippen molar-refractivity contribution in [3.8, 4) is 6.07 Å². The summed E-state index contributed by atoms with van der Waals surface area (Å²) in [5.41, 5.74) is 2.45. The molecular formula is C14H17N3O. The van der Waals surface area contributed by atoms with E-state index in [0.717, 1.165) is 11.1 Å². The Morgan fingerprint density at radius 2 is 1.94 bits per heavy atom. The molecule has 0 bridgehead atoms. The minimum atomic E-state index is -0.553. The number of nitrogens with one attached hydrogen (secondary N) is 2. The summed E-state index contributed by atoms with van der Waals surface area (Å²) in [5.74, 6) is 0. The van der Waals surface area contributed by atoms with E-state index >= 15 is 0 Å². The van der Waals surface area contributed by atoms with Crippen LogP contribution in [-0.4, -0.2) is 18.0 Å². The Morgan fingerprint density at radius 1 is 1.33 bits per heavy atom. The second-order valence-corrected chi connectivity index (χ2v) is 4.02. The molecule has 0 aliphatic rings. The highest BCUT2D eigenvalue weighted by Crippen LogP contribution is 2.17. The third kappa shape index (κ3) is 3.79. The van der Waals surface area contributed by atoms with Crippen LogP contribution in [0.2, 0.25) is 0 Å². The first kappa shape index (κ1) is 14.1. The van der Waals surface area contributed by atoms with Crippen molar-refractivity contribution in [2.75, 3.05) is 6.61 Å². The summed E-state index contributed by atoms with van der Waals surface area (Å²) in [6.45, 7) is 4.02. The van der Waals surface area contributed by atoms with Gasteiger partial charge < -0.3 is 15.6 Å². The van der Waals surface area contributed by atoms with Gasteiger partial charge in [0.15, 0.2) is 6.10 Å². The van der Waals surface area contributed by atoms with Crippen LogP contribution in [-0.2, 0) is 4.74 Å². The standard InChI is InChI=1S/C14H17N3O/c1-3-18-14(9-15)12-6-4-11(5-7-12)13(17)8-10(2)16/h4-7,14,16-17H,3,8H2,1-2H3. The Hall–Kier alpha value is -1.99. The fourth-order valence-corrected chi connectivity index (χ4v) is 1.60. The average molecular weight is 243 g/mol. The van der Waals surface area contributed by atoms with E-state index in [0.29, 0.717) is 24.5 Å². The number of rotatable bonds is 6. The van der Waals surface area contributed by atoms with E-state index in [1.807, 2.05) is 6.92 Å². The Labute approximate surface area is 107 Å². The molecule has 0 radical (unpaired) electrons. The van der Waals surface area contributed by atoms with Crippen molar-refractivity contribution in [1.29, 1.82) is 16.1 Å². The molecule has 2 N–H and O–H groups in total. The molecule has 0 aliphatic carbocycles. The van der Waals surface area contributed by atoms with Gasteiger partial charge in [0.2, 0.25) is 0 Å².